The highest BCUT2D eigenvalue weighted by Crippen LogP contribution is 2.24. The van der Waals surface area contributed by atoms with E-state index in [4.69, 9.17) is 16.3 Å². The van der Waals surface area contributed by atoms with Crippen LogP contribution in [0.5, 0.6) is 0 Å². The normalized spacial score (nSPS) is 12.1. The van der Waals surface area contributed by atoms with Crippen LogP contribution >= 0.6 is 11.6 Å². The van der Waals surface area contributed by atoms with Crippen LogP contribution in [0.3, 0.4) is 0 Å². The SMILES string of the molecule is CCOC(=O)c1cc(NC(=O)[C@@H](C)N(c2ccccc2)S(C)(=O)=O)ccc1Cl. The summed E-state index contributed by atoms with van der Waals surface area (Å²) < 4.78 is 30.5. The Morgan fingerprint density at radius 2 is 1.82 bits per heavy atom. The topological polar surface area (TPSA) is 92.8 Å². The maximum absolute atomic E-state index is 12.7. The molecule has 0 aromatic heterocycles. The average Bonchev–Trinajstić information content (AvgIpc) is 2.63. The van der Waals surface area contributed by atoms with Gasteiger partial charge in [0.2, 0.25) is 15.9 Å². The fourth-order valence-corrected chi connectivity index (χ4v) is 3.97. The summed E-state index contributed by atoms with van der Waals surface area (Å²) in [5, 5.41) is 2.80. The molecule has 0 saturated carbocycles. The van der Waals surface area contributed by atoms with Gasteiger partial charge in [0.05, 0.1) is 29.1 Å². The lowest BCUT2D eigenvalue weighted by molar-refractivity contribution is -0.116. The van der Waals surface area contributed by atoms with Crippen molar-refractivity contribution in [2.24, 2.45) is 0 Å². The van der Waals surface area contributed by atoms with E-state index in [0.717, 1.165) is 10.6 Å². The van der Waals surface area contributed by atoms with Gasteiger partial charge >= 0.3 is 5.97 Å². The van der Waals surface area contributed by atoms with Gasteiger partial charge in [-0.3, -0.25) is 9.10 Å². The molecule has 0 spiro atoms. The number of benzene rings is 2. The summed E-state index contributed by atoms with van der Waals surface area (Å²) >= 11 is 6.02. The Hall–Kier alpha value is -2.58. The summed E-state index contributed by atoms with van der Waals surface area (Å²) in [7, 11) is -3.71. The lowest BCUT2D eigenvalue weighted by Gasteiger charge is -2.28. The Bertz CT molecular complexity index is 964. The van der Waals surface area contributed by atoms with Crippen LogP contribution in [0, 0.1) is 0 Å². The zero-order valence-corrected chi connectivity index (χ0v) is 17.3. The number of ether oxygens (including phenoxy) is 1. The molecule has 0 aliphatic carbocycles. The van der Waals surface area contributed by atoms with Gasteiger partial charge in [-0.05, 0) is 44.2 Å². The van der Waals surface area contributed by atoms with E-state index in [0.29, 0.717) is 11.4 Å². The molecule has 2 aromatic rings. The molecule has 7 nitrogen and oxygen atoms in total. The summed E-state index contributed by atoms with van der Waals surface area (Å²) in [5.41, 5.74) is 0.777. The predicted molar refractivity (Wildman–Crippen MR) is 109 cm³/mol. The Labute approximate surface area is 169 Å². The van der Waals surface area contributed by atoms with E-state index < -0.39 is 27.9 Å². The molecule has 1 amide bonds. The number of carbonyl (C=O) groups is 2. The molecule has 0 aliphatic rings. The van der Waals surface area contributed by atoms with Crippen molar-refractivity contribution in [1.29, 1.82) is 0 Å². The number of carbonyl (C=O) groups excluding carboxylic acids is 2. The summed E-state index contributed by atoms with van der Waals surface area (Å²) in [6.07, 6.45) is 1.03. The smallest absolute Gasteiger partial charge is 0.339 e. The van der Waals surface area contributed by atoms with Crippen LogP contribution in [0.2, 0.25) is 5.02 Å². The molecule has 0 bridgehead atoms. The molecule has 28 heavy (non-hydrogen) atoms. The average molecular weight is 425 g/mol. The molecule has 1 N–H and O–H groups in total. The first-order valence-corrected chi connectivity index (χ1v) is 10.7. The van der Waals surface area contributed by atoms with Crippen LogP contribution in [0.25, 0.3) is 0 Å². The Balaban J connectivity index is 2.28. The van der Waals surface area contributed by atoms with Crippen LogP contribution < -0.4 is 9.62 Å². The van der Waals surface area contributed by atoms with Crippen molar-refractivity contribution in [2.75, 3.05) is 22.5 Å². The molecule has 9 heteroatoms. The highest BCUT2D eigenvalue weighted by atomic mass is 35.5. The molecule has 0 fully saturated rings. The highest BCUT2D eigenvalue weighted by Gasteiger charge is 2.29. The molecule has 0 saturated heterocycles. The van der Waals surface area contributed by atoms with E-state index in [1.807, 2.05) is 0 Å². The Morgan fingerprint density at radius 3 is 2.39 bits per heavy atom. The first kappa shape index (κ1) is 21.7. The second-order valence-corrected chi connectivity index (χ2v) is 8.24. The van der Waals surface area contributed by atoms with Gasteiger partial charge in [-0.25, -0.2) is 13.2 Å². The molecule has 0 aliphatic heterocycles. The highest BCUT2D eigenvalue weighted by molar-refractivity contribution is 7.92. The third-order valence-corrected chi connectivity index (χ3v) is 5.40. The number of amides is 1. The molecular weight excluding hydrogens is 404 g/mol. The van der Waals surface area contributed by atoms with Crippen molar-refractivity contribution in [1.82, 2.24) is 0 Å². The number of esters is 1. The van der Waals surface area contributed by atoms with Gasteiger partial charge in [-0.1, -0.05) is 29.8 Å². The van der Waals surface area contributed by atoms with Gasteiger partial charge in [0, 0.05) is 5.69 Å². The number of halogens is 1. The number of nitrogens with zero attached hydrogens (tertiary/aromatic N) is 1. The molecule has 2 rings (SSSR count). The number of hydrogen-bond acceptors (Lipinski definition) is 5. The number of anilines is 2. The number of para-hydroxylation sites is 1. The van der Waals surface area contributed by atoms with Gasteiger partial charge in [-0.2, -0.15) is 0 Å². The van der Waals surface area contributed by atoms with Crippen LogP contribution in [0.4, 0.5) is 11.4 Å². The largest absolute Gasteiger partial charge is 0.462 e. The molecular formula is C19H21ClN2O5S. The summed E-state index contributed by atoms with van der Waals surface area (Å²) in [5.74, 6) is -1.18. The molecule has 150 valence electrons. The molecule has 1 atom stereocenters. The van der Waals surface area contributed by atoms with E-state index in [-0.39, 0.29) is 17.2 Å². The first-order chi connectivity index (χ1) is 13.1. The predicted octanol–water partition coefficient (Wildman–Crippen LogP) is 3.31. The van der Waals surface area contributed by atoms with Crippen molar-refractivity contribution in [2.45, 2.75) is 19.9 Å². The lowest BCUT2D eigenvalue weighted by atomic mass is 10.2. The van der Waals surface area contributed by atoms with Crippen LogP contribution in [0.1, 0.15) is 24.2 Å². The standard InChI is InChI=1S/C19H21ClN2O5S/c1-4-27-19(24)16-12-14(10-11-17(16)20)21-18(23)13(2)22(28(3,25)26)15-8-6-5-7-9-15/h5-13H,4H2,1-3H3,(H,21,23)/t13-/m1/s1. The zero-order valence-electron chi connectivity index (χ0n) is 15.7. The van der Waals surface area contributed by atoms with Crippen molar-refractivity contribution in [3.05, 3.63) is 59.1 Å². The quantitative estimate of drug-likeness (QED) is 0.688. The maximum Gasteiger partial charge on any atom is 0.339 e. The minimum Gasteiger partial charge on any atom is -0.462 e. The minimum absolute atomic E-state index is 0.108. The second-order valence-electron chi connectivity index (χ2n) is 5.97. The van der Waals surface area contributed by atoms with Crippen molar-refractivity contribution in [3.8, 4) is 0 Å². The summed E-state index contributed by atoms with van der Waals surface area (Å²) in [6, 6.07) is 11.7. The fourth-order valence-electron chi connectivity index (χ4n) is 2.60. The van der Waals surface area contributed by atoms with E-state index >= 15 is 0 Å². The van der Waals surface area contributed by atoms with E-state index in [9.17, 15) is 18.0 Å². The molecule has 0 radical (unpaired) electrons. The third-order valence-electron chi connectivity index (χ3n) is 3.83. The third kappa shape index (κ3) is 5.24. The van der Waals surface area contributed by atoms with Gasteiger partial charge < -0.3 is 10.1 Å². The second kappa shape index (κ2) is 9.07. The van der Waals surface area contributed by atoms with Crippen LogP contribution in [-0.4, -0.2) is 39.2 Å². The lowest BCUT2D eigenvalue weighted by Crippen LogP contribution is -2.45. The van der Waals surface area contributed by atoms with Gasteiger partial charge in [0.15, 0.2) is 0 Å². The van der Waals surface area contributed by atoms with Crippen molar-refractivity contribution >= 4 is 44.9 Å². The minimum atomic E-state index is -3.71. The number of sulfonamides is 1. The Morgan fingerprint density at radius 1 is 1.18 bits per heavy atom. The fraction of sp³-hybridized carbons (Fsp3) is 0.263. The molecule has 2 aromatic carbocycles. The Kier molecular flexibility index (Phi) is 7.04. The molecule has 0 unspecified atom stereocenters. The van der Waals surface area contributed by atoms with Crippen molar-refractivity contribution < 1.29 is 22.7 Å². The zero-order chi connectivity index (χ0) is 20.9. The van der Waals surface area contributed by atoms with E-state index in [2.05, 4.69) is 5.32 Å². The summed E-state index contributed by atoms with van der Waals surface area (Å²) in [4.78, 5) is 24.7. The monoisotopic (exact) mass is 424 g/mol. The van der Waals surface area contributed by atoms with Gasteiger partial charge in [0.25, 0.3) is 0 Å². The van der Waals surface area contributed by atoms with Crippen LogP contribution in [-0.2, 0) is 19.6 Å². The number of rotatable bonds is 7. The van der Waals surface area contributed by atoms with Gasteiger partial charge in [0.1, 0.15) is 6.04 Å². The van der Waals surface area contributed by atoms with Gasteiger partial charge in [-0.15, -0.1) is 0 Å². The summed E-state index contributed by atoms with van der Waals surface area (Å²) in [6.45, 7) is 3.33. The van der Waals surface area contributed by atoms with Crippen LogP contribution in [0.15, 0.2) is 48.5 Å². The van der Waals surface area contributed by atoms with E-state index in [1.54, 1.807) is 37.3 Å². The van der Waals surface area contributed by atoms with E-state index in [1.165, 1.54) is 25.1 Å². The maximum atomic E-state index is 12.7. The number of hydrogen-bond donors (Lipinski definition) is 1. The molecule has 0 heterocycles. The first-order valence-electron chi connectivity index (χ1n) is 8.47. The van der Waals surface area contributed by atoms with Crippen molar-refractivity contribution in [3.63, 3.8) is 0 Å². The number of nitrogens with one attached hydrogen (secondary N) is 1.